The second kappa shape index (κ2) is 4.95. The summed E-state index contributed by atoms with van der Waals surface area (Å²) in [6.45, 7) is 5.31. The number of amidine groups is 1. The topological polar surface area (TPSA) is 75.7 Å². The van der Waals surface area contributed by atoms with E-state index in [0.29, 0.717) is 12.3 Å². The van der Waals surface area contributed by atoms with Gasteiger partial charge in [0.2, 0.25) is 0 Å². The standard InChI is InChI=1S/C12H22N2O2/c1-8(2)11(15)12(16)7-5-4-6-10(12)14-9(3)13/h8,10,16H,4-7H2,1-3H3,(H2,13,14). The highest BCUT2D eigenvalue weighted by Gasteiger charge is 2.45. The Morgan fingerprint density at radius 2 is 2.12 bits per heavy atom. The van der Waals surface area contributed by atoms with Gasteiger partial charge < -0.3 is 10.8 Å². The maximum absolute atomic E-state index is 12.1. The average molecular weight is 226 g/mol. The zero-order valence-electron chi connectivity index (χ0n) is 10.4. The van der Waals surface area contributed by atoms with Crippen molar-refractivity contribution in [2.45, 2.75) is 58.1 Å². The molecule has 0 aromatic heterocycles. The maximum Gasteiger partial charge on any atom is 0.169 e. The first-order chi connectivity index (χ1) is 7.38. The van der Waals surface area contributed by atoms with Crippen LogP contribution in [-0.2, 0) is 4.79 Å². The molecular formula is C12H22N2O2. The lowest BCUT2D eigenvalue weighted by atomic mass is 9.75. The Bertz CT molecular complexity index is 295. The molecule has 4 nitrogen and oxygen atoms in total. The van der Waals surface area contributed by atoms with Crippen molar-refractivity contribution >= 4 is 11.6 Å². The van der Waals surface area contributed by atoms with E-state index in [1.54, 1.807) is 6.92 Å². The number of aliphatic hydroxyl groups is 1. The van der Waals surface area contributed by atoms with Gasteiger partial charge in [0.15, 0.2) is 5.78 Å². The SMILES string of the molecule is CC(N)=NC1CCCCC1(O)C(=O)C(C)C. The van der Waals surface area contributed by atoms with E-state index >= 15 is 0 Å². The molecule has 0 radical (unpaired) electrons. The van der Waals surface area contributed by atoms with E-state index < -0.39 is 5.60 Å². The summed E-state index contributed by atoms with van der Waals surface area (Å²) in [6.07, 6.45) is 3.12. The van der Waals surface area contributed by atoms with Crippen LogP contribution in [0, 0.1) is 5.92 Å². The van der Waals surface area contributed by atoms with Gasteiger partial charge in [-0.1, -0.05) is 20.3 Å². The van der Waals surface area contributed by atoms with Gasteiger partial charge in [-0.2, -0.15) is 0 Å². The molecular weight excluding hydrogens is 204 g/mol. The molecule has 0 spiro atoms. The first kappa shape index (κ1) is 13.2. The quantitative estimate of drug-likeness (QED) is 0.562. The first-order valence-electron chi connectivity index (χ1n) is 5.94. The van der Waals surface area contributed by atoms with E-state index in [1.807, 2.05) is 13.8 Å². The molecule has 0 saturated heterocycles. The number of nitrogens with zero attached hydrogens (tertiary/aromatic N) is 1. The fraction of sp³-hybridized carbons (Fsp3) is 0.833. The van der Waals surface area contributed by atoms with Crippen molar-refractivity contribution in [3.63, 3.8) is 0 Å². The molecule has 2 atom stereocenters. The van der Waals surface area contributed by atoms with Crippen molar-refractivity contribution in [2.75, 3.05) is 0 Å². The Labute approximate surface area is 96.9 Å². The van der Waals surface area contributed by atoms with Crippen molar-refractivity contribution < 1.29 is 9.90 Å². The van der Waals surface area contributed by atoms with Crippen LogP contribution in [-0.4, -0.2) is 28.4 Å². The van der Waals surface area contributed by atoms with Gasteiger partial charge in [-0.15, -0.1) is 0 Å². The van der Waals surface area contributed by atoms with Crippen LogP contribution in [0.15, 0.2) is 4.99 Å². The molecule has 3 N–H and O–H groups in total. The van der Waals surface area contributed by atoms with E-state index in [1.165, 1.54) is 0 Å². The number of ketones is 1. The summed E-state index contributed by atoms with van der Waals surface area (Å²) in [4.78, 5) is 16.3. The molecule has 1 aliphatic rings. The molecule has 0 aromatic rings. The molecule has 16 heavy (non-hydrogen) atoms. The van der Waals surface area contributed by atoms with Crippen LogP contribution >= 0.6 is 0 Å². The Balaban J connectivity index is 2.96. The number of nitrogens with two attached hydrogens (primary N) is 1. The van der Waals surface area contributed by atoms with E-state index in [4.69, 9.17) is 5.73 Å². The van der Waals surface area contributed by atoms with Gasteiger partial charge in [-0.3, -0.25) is 9.79 Å². The predicted molar refractivity (Wildman–Crippen MR) is 64.3 cm³/mol. The molecule has 0 amide bonds. The van der Waals surface area contributed by atoms with Crippen molar-refractivity contribution in [1.29, 1.82) is 0 Å². The Morgan fingerprint density at radius 3 is 2.62 bits per heavy atom. The fourth-order valence-corrected chi connectivity index (χ4v) is 2.34. The van der Waals surface area contributed by atoms with Crippen molar-refractivity contribution in [3.8, 4) is 0 Å². The van der Waals surface area contributed by atoms with Crippen LogP contribution in [0.1, 0.15) is 46.5 Å². The van der Waals surface area contributed by atoms with Crippen LogP contribution in [0.2, 0.25) is 0 Å². The second-order valence-electron chi connectivity index (χ2n) is 4.98. The van der Waals surface area contributed by atoms with E-state index in [2.05, 4.69) is 4.99 Å². The molecule has 0 aliphatic heterocycles. The smallest absolute Gasteiger partial charge is 0.169 e. The predicted octanol–water partition coefficient (Wildman–Crippen LogP) is 1.26. The third kappa shape index (κ3) is 2.61. The Morgan fingerprint density at radius 1 is 1.50 bits per heavy atom. The van der Waals surface area contributed by atoms with Gasteiger partial charge in [-0.25, -0.2) is 0 Å². The maximum atomic E-state index is 12.1. The Hall–Kier alpha value is -0.900. The molecule has 0 bridgehead atoms. The summed E-state index contributed by atoms with van der Waals surface area (Å²) in [6, 6.07) is -0.360. The lowest BCUT2D eigenvalue weighted by Crippen LogP contribution is -2.52. The van der Waals surface area contributed by atoms with Crippen LogP contribution in [0.25, 0.3) is 0 Å². The van der Waals surface area contributed by atoms with Crippen molar-refractivity contribution in [2.24, 2.45) is 16.6 Å². The minimum absolute atomic E-state index is 0.109. The summed E-state index contributed by atoms with van der Waals surface area (Å²) in [7, 11) is 0. The molecule has 1 rings (SSSR count). The lowest BCUT2D eigenvalue weighted by Gasteiger charge is -2.37. The first-order valence-corrected chi connectivity index (χ1v) is 5.94. The zero-order chi connectivity index (χ0) is 12.3. The molecule has 1 fully saturated rings. The number of hydrogen-bond donors (Lipinski definition) is 2. The average Bonchev–Trinajstić information content (AvgIpc) is 2.19. The molecule has 4 heteroatoms. The summed E-state index contributed by atoms with van der Waals surface area (Å²) in [5, 5.41) is 10.5. The van der Waals surface area contributed by atoms with Crippen LogP contribution in [0.4, 0.5) is 0 Å². The monoisotopic (exact) mass is 226 g/mol. The normalized spacial score (nSPS) is 31.8. The molecule has 92 valence electrons. The van der Waals surface area contributed by atoms with E-state index in [-0.39, 0.29) is 17.7 Å². The molecule has 1 saturated carbocycles. The summed E-state index contributed by atoms with van der Waals surface area (Å²) in [5.41, 5.74) is 4.25. The number of hydrogen-bond acceptors (Lipinski definition) is 3. The highest BCUT2D eigenvalue weighted by Crippen LogP contribution is 2.33. The largest absolute Gasteiger partial charge is 0.388 e. The summed E-state index contributed by atoms with van der Waals surface area (Å²) in [5.74, 6) is 0.156. The van der Waals surface area contributed by atoms with E-state index in [9.17, 15) is 9.90 Å². The van der Waals surface area contributed by atoms with Crippen LogP contribution in [0.5, 0.6) is 0 Å². The highest BCUT2D eigenvalue weighted by atomic mass is 16.3. The Kier molecular flexibility index (Phi) is 4.08. The van der Waals surface area contributed by atoms with Gasteiger partial charge in [0, 0.05) is 5.92 Å². The van der Waals surface area contributed by atoms with Gasteiger partial charge in [0.1, 0.15) is 5.60 Å². The molecule has 0 heterocycles. The zero-order valence-corrected chi connectivity index (χ0v) is 10.4. The number of Topliss-reactive ketones (excluding diaryl/α,β-unsaturated/α-hetero) is 1. The van der Waals surface area contributed by atoms with Crippen molar-refractivity contribution in [1.82, 2.24) is 0 Å². The highest BCUT2D eigenvalue weighted by molar-refractivity contribution is 5.90. The van der Waals surface area contributed by atoms with Gasteiger partial charge >= 0.3 is 0 Å². The number of aliphatic imine (C=N–C) groups is 1. The molecule has 0 aromatic carbocycles. The van der Waals surface area contributed by atoms with Gasteiger partial charge in [0.05, 0.1) is 11.9 Å². The minimum atomic E-state index is -1.30. The van der Waals surface area contributed by atoms with E-state index in [0.717, 1.165) is 19.3 Å². The summed E-state index contributed by atoms with van der Waals surface area (Å²) >= 11 is 0. The van der Waals surface area contributed by atoms with Crippen LogP contribution in [0.3, 0.4) is 0 Å². The number of carbonyl (C=O) groups is 1. The van der Waals surface area contributed by atoms with Crippen LogP contribution < -0.4 is 5.73 Å². The summed E-state index contributed by atoms with van der Waals surface area (Å²) < 4.78 is 0. The minimum Gasteiger partial charge on any atom is -0.388 e. The number of carbonyl (C=O) groups excluding carboxylic acids is 1. The van der Waals surface area contributed by atoms with Gasteiger partial charge in [-0.05, 0) is 26.2 Å². The number of rotatable bonds is 3. The lowest BCUT2D eigenvalue weighted by molar-refractivity contribution is -0.145. The fourth-order valence-electron chi connectivity index (χ4n) is 2.34. The van der Waals surface area contributed by atoms with Gasteiger partial charge in [0.25, 0.3) is 0 Å². The third-order valence-corrected chi connectivity index (χ3v) is 3.15. The second-order valence-corrected chi connectivity index (χ2v) is 4.98. The third-order valence-electron chi connectivity index (χ3n) is 3.15. The molecule has 1 aliphatic carbocycles. The van der Waals surface area contributed by atoms with Crippen molar-refractivity contribution in [3.05, 3.63) is 0 Å². The molecule has 2 unspecified atom stereocenters.